The zero-order valence-electron chi connectivity index (χ0n) is 7.77. The highest BCUT2D eigenvalue weighted by Crippen LogP contribution is 2.16. The molecule has 0 aliphatic rings. The van der Waals surface area contributed by atoms with Gasteiger partial charge < -0.3 is 10.8 Å². The van der Waals surface area contributed by atoms with Crippen molar-refractivity contribution in [3.63, 3.8) is 0 Å². The SMILES string of the molecule is NCC(O)Cc1cccc2cn[nH]c12. The van der Waals surface area contributed by atoms with Gasteiger partial charge in [0.15, 0.2) is 0 Å². The number of hydrogen-bond donors (Lipinski definition) is 3. The monoisotopic (exact) mass is 191 g/mol. The molecule has 74 valence electrons. The van der Waals surface area contributed by atoms with Crippen LogP contribution in [0.5, 0.6) is 0 Å². The van der Waals surface area contributed by atoms with Crippen molar-refractivity contribution in [3.05, 3.63) is 30.0 Å². The van der Waals surface area contributed by atoms with Crippen molar-refractivity contribution in [2.24, 2.45) is 5.73 Å². The summed E-state index contributed by atoms with van der Waals surface area (Å²) < 4.78 is 0. The van der Waals surface area contributed by atoms with Crippen LogP contribution < -0.4 is 5.73 Å². The third-order valence-electron chi connectivity index (χ3n) is 2.29. The van der Waals surface area contributed by atoms with Crippen molar-refractivity contribution in [2.75, 3.05) is 6.54 Å². The Morgan fingerprint density at radius 3 is 3.14 bits per heavy atom. The van der Waals surface area contributed by atoms with Crippen LogP contribution in [0.25, 0.3) is 10.9 Å². The molecule has 14 heavy (non-hydrogen) atoms. The topological polar surface area (TPSA) is 74.9 Å². The van der Waals surface area contributed by atoms with Gasteiger partial charge in [0, 0.05) is 18.4 Å². The van der Waals surface area contributed by atoms with Crippen molar-refractivity contribution >= 4 is 10.9 Å². The summed E-state index contributed by atoms with van der Waals surface area (Å²) in [4.78, 5) is 0. The van der Waals surface area contributed by atoms with E-state index in [9.17, 15) is 5.11 Å². The summed E-state index contributed by atoms with van der Waals surface area (Å²) in [6.45, 7) is 0.282. The maximum Gasteiger partial charge on any atom is 0.0703 e. The number of rotatable bonds is 3. The summed E-state index contributed by atoms with van der Waals surface area (Å²) in [5.41, 5.74) is 7.40. The van der Waals surface area contributed by atoms with E-state index in [0.717, 1.165) is 16.5 Å². The molecule has 0 saturated heterocycles. The number of hydrogen-bond acceptors (Lipinski definition) is 3. The van der Waals surface area contributed by atoms with Gasteiger partial charge in [0.2, 0.25) is 0 Å². The zero-order valence-corrected chi connectivity index (χ0v) is 7.77. The van der Waals surface area contributed by atoms with Gasteiger partial charge in [-0.3, -0.25) is 5.10 Å². The summed E-state index contributed by atoms with van der Waals surface area (Å²) in [6.07, 6.45) is 1.85. The number of aliphatic hydroxyl groups excluding tert-OH is 1. The van der Waals surface area contributed by atoms with Crippen LogP contribution in [-0.4, -0.2) is 28.0 Å². The number of aromatic amines is 1. The van der Waals surface area contributed by atoms with E-state index >= 15 is 0 Å². The standard InChI is InChI=1S/C10H13N3O/c11-5-9(14)4-7-2-1-3-8-6-12-13-10(7)8/h1-3,6,9,14H,4-5,11H2,(H,12,13). The van der Waals surface area contributed by atoms with E-state index in [2.05, 4.69) is 10.2 Å². The van der Waals surface area contributed by atoms with Gasteiger partial charge in [0.05, 0.1) is 17.8 Å². The maximum atomic E-state index is 9.45. The predicted molar refractivity (Wildman–Crippen MR) is 54.9 cm³/mol. The molecule has 1 atom stereocenters. The lowest BCUT2D eigenvalue weighted by molar-refractivity contribution is 0.183. The Balaban J connectivity index is 2.36. The summed E-state index contributed by atoms with van der Waals surface area (Å²) in [6, 6.07) is 5.91. The van der Waals surface area contributed by atoms with Crippen LogP contribution >= 0.6 is 0 Å². The van der Waals surface area contributed by atoms with Crippen molar-refractivity contribution in [1.82, 2.24) is 10.2 Å². The third kappa shape index (κ3) is 1.62. The Hall–Kier alpha value is -1.39. The predicted octanol–water partition coefficient (Wildman–Crippen LogP) is 0.425. The Bertz CT molecular complexity index is 424. The van der Waals surface area contributed by atoms with Gasteiger partial charge in [-0.2, -0.15) is 5.10 Å². The number of fused-ring (bicyclic) bond motifs is 1. The first-order valence-corrected chi connectivity index (χ1v) is 4.60. The summed E-state index contributed by atoms with van der Waals surface area (Å²) in [5.74, 6) is 0. The van der Waals surface area contributed by atoms with Gasteiger partial charge in [-0.05, 0) is 5.56 Å². The molecule has 0 aliphatic heterocycles. The summed E-state index contributed by atoms with van der Waals surface area (Å²) in [5, 5.41) is 17.4. The minimum Gasteiger partial charge on any atom is -0.391 e. The number of H-pyrrole nitrogens is 1. The first-order valence-electron chi connectivity index (χ1n) is 4.60. The summed E-state index contributed by atoms with van der Waals surface area (Å²) >= 11 is 0. The van der Waals surface area contributed by atoms with E-state index in [1.54, 1.807) is 6.20 Å². The van der Waals surface area contributed by atoms with Gasteiger partial charge in [-0.1, -0.05) is 18.2 Å². The Labute approximate surface area is 81.7 Å². The van der Waals surface area contributed by atoms with Crippen LogP contribution in [0.1, 0.15) is 5.56 Å². The average molecular weight is 191 g/mol. The molecule has 4 nitrogen and oxygen atoms in total. The number of para-hydroxylation sites is 1. The number of nitrogens with zero attached hydrogens (tertiary/aromatic N) is 1. The number of benzene rings is 1. The van der Waals surface area contributed by atoms with Crippen molar-refractivity contribution in [3.8, 4) is 0 Å². The molecule has 4 N–H and O–H groups in total. The van der Waals surface area contributed by atoms with E-state index in [1.807, 2.05) is 18.2 Å². The van der Waals surface area contributed by atoms with Gasteiger partial charge in [0.25, 0.3) is 0 Å². The Kier molecular flexibility index (Phi) is 2.47. The van der Waals surface area contributed by atoms with E-state index in [0.29, 0.717) is 6.42 Å². The highest BCUT2D eigenvalue weighted by molar-refractivity contribution is 5.81. The quantitative estimate of drug-likeness (QED) is 0.658. The first kappa shape index (κ1) is 9.18. The van der Waals surface area contributed by atoms with Crippen molar-refractivity contribution < 1.29 is 5.11 Å². The molecule has 0 saturated carbocycles. The number of nitrogens with one attached hydrogen (secondary N) is 1. The van der Waals surface area contributed by atoms with Gasteiger partial charge >= 0.3 is 0 Å². The van der Waals surface area contributed by atoms with Crippen molar-refractivity contribution in [2.45, 2.75) is 12.5 Å². The van der Waals surface area contributed by atoms with Gasteiger partial charge in [-0.15, -0.1) is 0 Å². The van der Waals surface area contributed by atoms with E-state index in [4.69, 9.17) is 5.73 Å². The minimum absolute atomic E-state index is 0.282. The van der Waals surface area contributed by atoms with Gasteiger partial charge in [0.1, 0.15) is 0 Å². The molecule has 1 heterocycles. The lowest BCUT2D eigenvalue weighted by atomic mass is 10.1. The molecule has 2 aromatic rings. The second kappa shape index (κ2) is 3.77. The molecular weight excluding hydrogens is 178 g/mol. The fourth-order valence-electron chi connectivity index (χ4n) is 1.54. The molecule has 1 aromatic carbocycles. The van der Waals surface area contributed by atoms with Crippen LogP contribution in [0.3, 0.4) is 0 Å². The lowest BCUT2D eigenvalue weighted by Gasteiger charge is -2.07. The first-order chi connectivity index (χ1) is 6.81. The van der Waals surface area contributed by atoms with Crippen LogP contribution in [0.4, 0.5) is 0 Å². The molecule has 0 aliphatic carbocycles. The molecular formula is C10H13N3O. The molecule has 4 heteroatoms. The number of nitrogens with two attached hydrogens (primary N) is 1. The molecule has 0 bridgehead atoms. The van der Waals surface area contributed by atoms with Gasteiger partial charge in [-0.25, -0.2) is 0 Å². The maximum absolute atomic E-state index is 9.45. The molecule has 0 fully saturated rings. The Morgan fingerprint density at radius 1 is 1.50 bits per heavy atom. The molecule has 1 aromatic heterocycles. The average Bonchev–Trinajstić information content (AvgIpc) is 2.66. The van der Waals surface area contributed by atoms with Crippen LogP contribution in [-0.2, 0) is 6.42 Å². The largest absolute Gasteiger partial charge is 0.391 e. The second-order valence-electron chi connectivity index (χ2n) is 3.35. The number of aliphatic hydroxyl groups is 1. The van der Waals surface area contributed by atoms with E-state index in [1.165, 1.54) is 0 Å². The number of aromatic nitrogens is 2. The fourth-order valence-corrected chi connectivity index (χ4v) is 1.54. The normalized spacial score (nSPS) is 13.3. The van der Waals surface area contributed by atoms with Crippen molar-refractivity contribution in [1.29, 1.82) is 0 Å². The highest BCUT2D eigenvalue weighted by Gasteiger charge is 2.07. The molecule has 1 unspecified atom stereocenters. The molecule has 0 spiro atoms. The van der Waals surface area contributed by atoms with Crippen LogP contribution in [0, 0.1) is 0 Å². The summed E-state index contributed by atoms with van der Waals surface area (Å²) in [7, 11) is 0. The van der Waals surface area contributed by atoms with Crippen LogP contribution in [0.2, 0.25) is 0 Å². The second-order valence-corrected chi connectivity index (χ2v) is 3.35. The fraction of sp³-hybridized carbons (Fsp3) is 0.300. The van der Waals surface area contributed by atoms with E-state index in [-0.39, 0.29) is 6.54 Å². The van der Waals surface area contributed by atoms with E-state index < -0.39 is 6.10 Å². The minimum atomic E-state index is -0.483. The molecule has 2 rings (SSSR count). The molecule has 0 radical (unpaired) electrons. The van der Waals surface area contributed by atoms with Crippen LogP contribution in [0.15, 0.2) is 24.4 Å². The smallest absolute Gasteiger partial charge is 0.0703 e. The lowest BCUT2D eigenvalue weighted by Crippen LogP contribution is -2.22. The zero-order chi connectivity index (χ0) is 9.97. The highest BCUT2D eigenvalue weighted by atomic mass is 16.3. The Morgan fingerprint density at radius 2 is 2.36 bits per heavy atom. The third-order valence-corrected chi connectivity index (χ3v) is 2.29. The molecule has 0 amide bonds.